The zero-order valence-electron chi connectivity index (χ0n) is 15.4. The molecule has 0 aromatic heterocycles. The van der Waals surface area contributed by atoms with Crippen LogP contribution in [-0.4, -0.2) is 35.5 Å². The molecule has 1 amide bonds. The van der Waals surface area contributed by atoms with Crippen LogP contribution in [-0.2, 0) is 14.3 Å². The molecule has 0 unspecified atom stereocenters. The van der Waals surface area contributed by atoms with E-state index < -0.39 is 0 Å². The van der Waals surface area contributed by atoms with Crippen LogP contribution in [0.4, 0.5) is 0 Å². The van der Waals surface area contributed by atoms with Crippen molar-refractivity contribution in [3.8, 4) is 0 Å². The molecule has 0 aliphatic carbocycles. The number of rotatable bonds is 8. The van der Waals surface area contributed by atoms with Crippen LogP contribution in [0.5, 0.6) is 0 Å². The van der Waals surface area contributed by atoms with Gasteiger partial charge in [-0.05, 0) is 52.0 Å². The smallest absolute Gasteiger partial charge is 0.305 e. The molecule has 22 heavy (non-hydrogen) atoms. The maximum absolute atomic E-state index is 12.4. The monoisotopic (exact) mass is 311 g/mol. The van der Waals surface area contributed by atoms with Crippen molar-refractivity contribution >= 4 is 11.9 Å². The molecule has 4 nitrogen and oxygen atoms in total. The highest BCUT2D eigenvalue weighted by molar-refractivity contribution is 5.88. The van der Waals surface area contributed by atoms with E-state index in [9.17, 15) is 9.59 Å². The minimum atomic E-state index is -0.260. The lowest BCUT2D eigenvalue weighted by molar-refractivity contribution is -0.144. The summed E-state index contributed by atoms with van der Waals surface area (Å²) in [5, 5.41) is 0. The van der Waals surface area contributed by atoms with Gasteiger partial charge in [0.1, 0.15) is 0 Å². The van der Waals surface area contributed by atoms with Crippen molar-refractivity contribution in [2.24, 2.45) is 5.41 Å². The average Bonchev–Trinajstić information content (AvgIpc) is 2.31. The fraction of sp³-hybridized carbons (Fsp3) is 0.778. The van der Waals surface area contributed by atoms with E-state index in [1.165, 1.54) is 0 Å². The molecule has 128 valence electrons. The molecule has 0 bridgehead atoms. The predicted molar refractivity (Wildman–Crippen MR) is 90.5 cm³/mol. The topological polar surface area (TPSA) is 46.6 Å². The third kappa shape index (κ3) is 8.20. The van der Waals surface area contributed by atoms with E-state index in [0.29, 0.717) is 26.0 Å². The molecule has 4 heteroatoms. The van der Waals surface area contributed by atoms with Crippen LogP contribution in [0.1, 0.15) is 67.7 Å². The van der Waals surface area contributed by atoms with Crippen molar-refractivity contribution in [3.05, 3.63) is 12.2 Å². The zero-order valence-corrected chi connectivity index (χ0v) is 15.4. The first-order valence-corrected chi connectivity index (χ1v) is 8.13. The second-order valence-electron chi connectivity index (χ2n) is 7.45. The second kappa shape index (κ2) is 8.96. The highest BCUT2D eigenvalue weighted by Crippen LogP contribution is 2.31. The van der Waals surface area contributed by atoms with E-state index in [0.717, 1.165) is 6.42 Å². The van der Waals surface area contributed by atoms with Crippen molar-refractivity contribution in [3.63, 3.8) is 0 Å². The van der Waals surface area contributed by atoms with Gasteiger partial charge in [0.15, 0.2) is 0 Å². The normalized spacial score (nSPS) is 12.5. The molecule has 0 aromatic rings. The van der Waals surface area contributed by atoms with Gasteiger partial charge >= 0.3 is 5.97 Å². The molecule has 0 radical (unpaired) electrons. The summed E-state index contributed by atoms with van der Waals surface area (Å²) in [6.45, 7) is 15.3. The number of ether oxygens (including phenoxy) is 1. The summed E-state index contributed by atoms with van der Waals surface area (Å²) >= 11 is 0. The van der Waals surface area contributed by atoms with Gasteiger partial charge in [0.25, 0.3) is 0 Å². The lowest BCUT2D eigenvalue weighted by Gasteiger charge is -2.42. The summed E-state index contributed by atoms with van der Waals surface area (Å²) in [7, 11) is 0. The van der Waals surface area contributed by atoms with E-state index >= 15 is 0 Å². The van der Waals surface area contributed by atoms with Crippen molar-refractivity contribution < 1.29 is 14.3 Å². The Morgan fingerprint density at radius 1 is 1.14 bits per heavy atom. The molecule has 0 aliphatic heterocycles. The Labute approximate surface area is 135 Å². The largest absolute Gasteiger partial charge is 0.466 e. The van der Waals surface area contributed by atoms with Crippen molar-refractivity contribution in [1.82, 2.24) is 4.90 Å². The van der Waals surface area contributed by atoms with Gasteiger partial charge in [-0.25, -0.2) is 0 Å². The Bertz CT molecular complexity index is 392. The van der Waals surface area contributed by atoms with Crippen LogP contribution in [0.15, 0.2) is 12.2 Å². The van der Waals surface area contributed by atoms with Gasteiger partial charge in [-0.2, -0.15) is 0 Å². The van der Waals surface area contributed by atoms with Gasteiger partial charge in [-0.3, -0.25) is 9.59 Å². The van der Waals surface area contributed by atoms with E-state index in [-0.39, 0.29) is 22.8 Å². The summed E-state index contributed by atoms with van der Waals surface area (Å²) in [5.41, 5.74) is -0.136. The number of carbonyl (C=O) groups is 2. The van der Waals surface area contributed by atoms with E-state index in [4.69, 9.17) is 4.74 Å². The minimum absolute atomic E-state index is 0.000564. The molecule has 0 aromatic carbocycles. The lowest BCUT2D eigenvalue weighted by atomic mass is 9.80. The second-order valence-corrected chi connectivity index (χ2v) is 7.45. The van der Waals surface area contributed by atoms with Crippen LogP contribution in [0.3, 0.4) is 0 Å². The molecule has 0 atom stereocenters. The van der Waals surface area contributed by atoms with Crippen LogP contribution >= 0.6 is 0 Å². The fourth-order valence-electron chi connectivity index (χ4n) is 2.95. The average molecular weight is 311 g/mol. The Morgan fingerprint density at radius 2 is 1.73 bits per heavy atom. The third-order valence-corrected chi connectivity index (χ3v) is 3.34. The number of esters is 1. The number of nitrogens with zero attached hydrogens (tertiary/aromatic N) is 1. The summed E-state index contributed by atoms with van der Waals surface area (Å²) in [6.07, 6.45) is 5.21. The van der Waals surface area contributed by atoms with Gasteiger partial charge in [0.2, 0.25) is 5.91 Å². The summed E-state index contributed by atoms with van der Waals surface area (Å²) in [6, 6.07) is 0. The van der Waals surface area contributed by atoms with Crippen LogP contribution in [0.2, 0.25) is 0 Å². The first kappa shape index (κ1) is 20.7. The maximum Gasteiger partial charge on any atom is 0.305 e. The third-order valence-electron chi connectivity index (χ3n) is 3.34. The van der Waals surface area contributed by atoms with Gasteiger partial charge in [-0.1, -0.05) is 26.8 Å². The Balaban J connectivity index is 4.90. The van der Waals surface area contributed by atoms with Gasteiger partial charge < -0.3 is 9.64 Å². The zero-order chi connectivity index (χ0) is 17.4. The molecule has 0 N–H and O–H groups in total. The number of carbonyl (C=O) groups excluding carboxylic acids is 2. The van der Waals surface area contributed by atoms with Gasteiger partial charge in [0.05, 0.1) is 6.61 Å². The number of allylic oxidation sites excluding steroid dienone is 1. The Hall–Kier alpha value is -1.32. The summed E-state index contributed by atoms with van der Waals surface area (Å²) < 4.78 is 4.94. The first-order valence-electron chi connectivity index (χ1n) is 8.13. The van der Waals surface area contributed by atoms with Crippen LogP contribution in [0, 0.1) is 5.41 Å². The van der Waals surface area contributed by atoms with Crippen molar-refractivity contribution in [1.29, 1.82) is 0 Å². The molecule has 0 rings (SSSR count). The highest BCUT2D eigenvalue weighted by Gasteiger charge is 2.33. The van der Waals surface area contributed by atoms with E-state index in [2.05, 4.69) is 34.6 Å². The van der Waals surface area contributed by atoms with Crippen molar-refractivity contribution in [2.75, 3.05) is 13.2 Å². The molecular formula is C18H33NO3. The maximum atomic E-state index is 12.4. The Morgan fingerprint density at radius 3 is 2.18 bits per heavy atom. The molecule has 0 saturated carbocycles. The fourth-order valence-corrected chi connectivity index (χ4v) is 2.95. The molecule has 0 spiro atoms. The van der Waals surface area contributed by atoms with E-state index in [1.54, 1.807) is 19.1 Å². The minimum Gasteiger partial charge on any atom is -0.466 e. The molecule has 0 saturated heterocycles. The van der Waals surface area contributed by atoms with Crippen LogP contribution in [0.25, 0.3) is 0 Å². The van der Waals surface area contributed by atoms with Crippen molar-refractivity contribution in [2.45, 2.75) is 73.3 Å². The SMILES string of the molecule is C/C=C/C(=O)N(CCCC(=O)OCC)C(C)(C)CC(C)(C)C. The Kier molecular flexibility index (Phi) is 8.43. The standard InChI is InChI=1S/C18H33NO3/c1-8-11-15(20)19(13-10-12-16(21)22-9-2)18(6,7)14-17(3,4)5/h8,11H,9-10,12-14H2,1-7H3/b11-8+. The molecule has 0 aliphatic rings. The number of hydrogen-bond acceptors (Lipinski definition) is 3. The first-order chi connectivity index (χ1) is 10.0. The van der Waals surface area contributed by atoms with Crippen LogP contribution < -0.4 is 0 Å². The highest BCUT2D eigenvalue weighted by atomic mass is 16.5. The van der Waals surface area contributed by atoms with Gasteiger partial charge in [-0.15, -0.1) is 0 Å². The quantitative estimate of drug-likeness (QED) is 0.504. The summed E-state index contributed by atoms with van der Waals surface area (Å²) in [4.78, 5) is 25.7. The van der Waals surface area contributed by atoms with E-state index in [1.807, 2.05) is 11.8 Å². The predicted octanol–water partition coefficient (Wildman–Crippen LogP) is 3.95. The molecular weight excluding hydrogens is 278 g/mol. The number of hydrogen-bond donors (Lipinski definition) is 0. The number of amides is 1. The molecule has 0 heterocycles. The van der Waals surface area contributed by atoms with Gasteiger partial charge in [0, 0.05) is 18.5 Å². The summed E-state index contributed by atoms with van der Waals surface area (Å²) in [5.74, 6) is -0.199. The lowest BCUT2D eigenvalue weighted by Crippen LogP contribution is -2.49. The molecule has 0 fully saturated rings.